The van der Waals surface area contributed by atoms with E-state index >= 15 is 0 Å². The lowest BCUT2D eigenvalue weighted by Crippen LogP contribution is -2.05. The van der Waals surface area contributed by atoms with Gasteiger partial charge in [0.25, 0.3) is 0 Å². The van der Waals surface area contributed by atoms with Crippen molar-refractivity contribution in [2.75, 3.05) is 11.6 Å². The zero-order chi connectivity index (χ0) is 13.0. The third kappa shape index (κ3) is 3.11. The van der Waals surface area contributed by atoms with Crippen LogP contribution in [0.15, 0.2) is 29.7 Å². The summed E-state index contributed by atoms with van der Waals surface area (Å²) in [5.41, 5.74) is 1.95. The molecule has 0 aliphatic carbocycles. The Balaban J connectivity index is 2.16. The van der Waals surface area contributed by atoms with Crippen LogP contribution in [0.1, 0.15) is 11.1 Å². The molecule has 0 unspecified atom stereocenters. The van der Waals surface area contributed by atoms with E-state index in [2.05, 4.69) is 20.3 Å². The van der Waals surface area contributed by atoms with E-state index in [1.54, 1.807) is 6.20 Å². The average Bonchev–Trinajstić information content (AvgIpc) is 2.41. The van der Waals surface area contributed by atoms with Gasteiger partial charge in [-0.1, -0.05) is 29.4 Å². The molecule has 94 valence electrons. The van der Waals surface area contributed by atoms with E-state index in [-0.39, 0.29) is 0 Å². The maximum absolute atomic E-state index is 6.06. The summed E-state index contributed by atoms with van der Waals surface area (Å²) in [6.07, 6.45) is 5.49. The van der Waals surface area contributed by atoms with E-state index in [9.17, 15) is 0 Å². The van der Waals surface area contributed by atoms with Crippen molar-refractivity contribution in [3.05, 3.63) is 40.8 Å². The van der Waals surface area contributed by atoms with Gasteiger partial charge in [0.05, 0.1) is 0 Å². The smallest absolute Gasteiger partial charge is 0.190 e. The van der Waals surface area contributed by atoms with Gasteiger partial charge in [0.2, 0.25) is 0 Å². The van der Waals surface area contributed by atoms with Crippen LogP contribution in [0.5, 0.6) is 0 Å². The highest BCUT2D eigenvalue weighted by Gasteiger charge is 2.08. The summed E-state index contributed by atoms with van der Waals surface area (Å²) >= 11 is 7.53. The van der Waals surface area contributed by atoms with Crippen molar-refractivity contribution < 1.29 is 0 Å². The number of thioether (sulfide) groups is 1. The molecule has 18 heavy (non-hydrogen) atoms. The van der Waals surface area contributed by atoms with Gasteiger partial charge in [-0.25, -0.2) is 9.97 Å². The van der Waals surface area contributed by atoms with Crippen molar-refractivity contribution in [3.63, 3.8) is 0 Å². The third-order valence-corrected chi connectivity index (χ3v) is 3.35. The predicted octanol–water partition coefficient (Wildman–Crippen LogP) is 3.17. The highest BCUT2D eigenvalue weighted by atomic mass is 35.5. The van der Waals surface area contributed by atoms with E-state index in [0.717, 1.165) is 16.9 Å². The number of nitrogens with zero attached hydrogens (tertiary/aromatic N) is 3. The summed E-state index contributed by atoms with van der Waals surface area (Å²) in [7, 11) is 0. The minimum atomic E-state index is 0.489. The molecule has 0 fully saturated rings. The van der Waals surface area contributed by atoms with E-state index in [4.69, 9.17) is 11.6 Å². The summed E-state index contributed by atoms with van der Waals surface area (Å²) in [5.74, 6) is 0.767. The molecule has 4 nitrogen and oxygen atoms in total. The van der Waals surface area contributed by atoms with Crippen LogP contribution in [0.2, 0.25) is 5.15 Å². The van der Waals surface area contributed by atoms with E-state index < -0.39 is 0 Å². The lowest BCUT2D eigenvalue weighted by Gasteiger charge is -2.10. The molecule has 2 aromatic heterocycles. The summed E-state index contributed by atoms with van der Waals surface area (Å²) in [6.45, 7) is 2.56. The van der Waals surface area contributed by atoms with E-state index in [1.807, 2.05) is 31.5 Å². The Labute approximate surface area is 115 Å². The fraction of sp³-hybridized carbons (Fsp3) is 0.250. The Hall–Kier alpha value is -1.33. The third-order valence-electron chi connectivity index (χ3n) is 2.43. The number of nitrogens with one attached hydrogen (secondary N) is 1. The quantitative estimate of drug-likeness (QED) is 0.530. The molecule has 0 aliphatic heterocycles. The molecule has 2 rings (SSSR count). The first-order valence-electron chi connectivity index (χ1n) is 5.41. The largest absolute Gasteiger partial charge is 0.366 e. The molecule has 0 saturated heterocycles. The normalized spacial score (nSPS) is 10.4. The molecular weight excluding hydrogens is 268 g/mol. The average molecular weight is 281 g/mol. The summed E-state index contributed by atoms with van der Waals surface area (Å²) < 4.78 is 0. The predicted molar refractivity (Wildman–Crippen MR) is 75.1 cm³/mol. The van der Waals surface area contributed by atoms with Crippen LogP contribution in [0.3, 0.4) is 0 Å². The molecule has 0 saturated carbocycles. The number of halogens is 1. The Morgan fingerprint density at radius 1 is 1.39 bits per heavy atom. The van der Waals surface area contributed by atoms with Crippen molar-refractivity contribution in [1.82, 2.24) is 15.0 Å². The van der Waals surface area contributed by atoms with Crippen molar-refractivity contribution >= 4 is 29.2 Å². The van der Waals surface area contributed by atoms with Crippen LogP contribution < -0.4 is 5.32 Å². The molecule has 0 atom stereocenters. The SMILES string of the molecule is CSc1nc(Cl)c(C)c(NCc2cccnc2)n1. The number of rotatable bonds is 4. The van der Waals surface area contributed by atoms with Crippen LogP contribution >= 0.6 is 23.4 Å². The highest BCUT2D eigenvalue weighted by molar-refractivity contribution is 7.98. The molecule has 0 radical (unpaired) electrons. The van der Waals surface area contributed by atoms with Gasteiger partial charge in [-0.05, 0) is 24.8 Å². The molecule has 0 bridgehead atoms. The monoisotopic (exact) mass is 280 g/mol. The van der Waals surface area contributed by atoms with E-state index in [1.165, 1.54) is 11.8 Å². The molecule has 6 heteroatoms. The van der Waals surface area contributed by atoms with Gasteiger partial charge in [-0.3, -0.25) is 4.98 Å². The van der Waals surface area contributed by atoms with Crippen molar-refractivity contribution in [1.29, 1.82) is 0 Å². The van der Waals surface area contributed by atoms with Gasteiger partial charge in [0.15, 0.2) is 5.16 Å². The number of pyridine rings is 1. The van der Waals surface area contributed by atoms with Crippen LogP contribution in [0.25, 0.3) is 0 Å². The molecule has 0 amide bonds. The van der Waals surface area contributed by atoms with Gasteiger partial charge in [0.1, 0.15) is 11.0 Å². The molecule has 1 N–H and O–H groups in total. The van der Waals surface area contributed by atoms with Crippen molar-refractivity contribution in [2.24, 2.45) is 0 Å². The number of hydrogen-bond acceptors (Lipinski definition) is 5. The van der Waals surface area contributed by atoms with Crippen molar-refractivity contribution in [3.8, 4) is 0 Å². The summed E-state index contributed by atoms with van der Waals surface area (Å²) in [4.78, 5) is 12.6. The number of hydrogen-bond donors (Lipinski definition) is 1. The first kappa shape index (κ1) is 13.1. The fourth-order valence-electron chi connectivity index (χ4n) is 1.42. The van der Waals surface area contributed by atoms with Crippen LogP contribution in [-0.4, -0.2) is 21.2 Å². The molecule has 0 aliphatic rings. The topological polar surface area (TPSA) is 50.7 Å². The van der Waals surface area contributed by atoms with Crippen LogP contribution in [-0.2, 0) is 6.54 Å². The molecule has 2 heterocycles. The fourth-order valence-corrected chi connectivity index (χ4v) is 2.01. The summed E-state index contributed by atoms with van der Waals surface area (Å²) in [5, 5.41) is 4.41. The van der Waals surface area contributed by atoms with Gasteiger partial charge in [0, 0.05) is 24.5 Å². The maximum atomic E-state index is 6.06. The Morgan fingerprint density at radius 3 is 2.89 bits per heavy atom. The van der Waals surface area contributed by atoms with Crippen LogP contribution in [0.4, 0.5) is 5.82 Å². The first-order valence-corrected chi connectivity index (χ1v) is 7.02. The second kappa shape index (κ2) is 6.02. The second-order valence-corrected chi connectivity index (χ2v) is 4.82. The van der Waals surface area contributed by atoms with E-state index in [0.29, 0.717) is 16.9 Å². The Kier molecular flexibility index (Phi) is 4.38. The van der Waals surface area contributed by atoms with Gasteiger partial charge < -0.3 is 5.32 Å². The highest BCUT2D eigenvalue weighted by Crippen LogP contribution is 2.23. The zero-order valence-electron chi connectivity index (χ0n) is 10.1. The lowest BCUT2D eigenvalue weighted by atomic mass is 10.3. The second-order valence-electron chi connectivity index (χ2n) is 3.69. The van der Waals surface area contributed by atoms with Gasteiger partial charge >= 0.3 is 0 Å². The first-order chi connectivity index (χ1) is 8.70. The van der Waals surface area contributed by atoms with Crippen LogP contribution in [0, 0.1) is 6.92 Å². The molecule has 2 aromatic rings. The van der Waals surface area contributed by atoms with Gasteiger partial charge in [-0.2, -0.15) is 0 Å². The minimum Gasteiger partial charge on any atom is -0.366 e. The zero-order valence-corrected chi connectivity index (χ0v) is 11.7. The minimum absolute atomic E-state index is 0.489. The Bertz CT molecular complexity index is 533. The number of anilines is 1. The number of aromatic nitrogens is 3. The van der Waals surface area contributed by atoms with Crippen molar-refractivity contribution in [2.45, 2.75) is 18.6 Å². The standard InChI is InChI=1S/C12H13ClN4S/c1-8-10(13)16-12(18-2)17-11(8)15-7-9-4-3-5-14-6-9/h3-6H,7H2,1-2H3,(H,15,16,17). The molecule has 0 spiro atoms. The molecular formula is C12H13ClN4S. The summed E-state index contributed by atoms with van der Waals surface area (Å²) in [6, 6.07) is 3.91. The Morgan fingerprint density at radius 2 is 2.22 bits per heavy atom. The maximum Gasteiger partial charge on any atom is 0.190 e. The van der Waals surface area contributed by atoms with Gasteiger partial charge in [-0.15, -0.1) is 0 Å². The lowest BCUT2D eigenvalue weighted by molar-refractivity contribution is 0.939. The molecule has 0 aromatic carbocycles.